The van der Waals surface area contributed by atoms with Crippen LogP contribution in [0.15, 0.2) is 0 Å². The van der Waals surface area contributed by atoms with Crippen LogP contribution in [0.4, 0.5) is 0 Å². The van der Waals surface area contributed by atoms with Crippen molar-refractivity contribution in [3.05, 3.63) is 0 Å². The summed E-state index contributed by atoms with van der Waals surface area (Å²) in [6.45, 7) is 4.18. The molecule has 0 aromatic heterocycles. The maximum absolute atomic E-state index is 11.3. The number of primary amides is 1. The van der Waals surface area contributed by atoms with Gasteiger partial charge in [-0.3, -0.25) is 9.59 Å². The van der Waals surface area contributed by atoms with E-state index in [1.54, 1.807) is 13.8 Å². The molecule has 1 aliphatic rings. The zero-order valence-electron chi connectivity index (χ0n) is 11.3. The lowest BCUT2D eigenvalue weighted by molar-refractivity contribution is -0.134. The Balaban J connectivity index is 2.49. The quantitative estimate of drug-likeness (QED) is 0.666. The Bertz CT molecular complexity index is 286. The maximum atomic E-state index is 11.3. The van der Waals surface area contributed by atoms with Gasteiger partial charge in [-0.15, -0.1) is 0 Å². The van der Waals surface area contributed by atoms with Crippen molar-refractivity contribution in [2.45, 2.75) is 57.6 Å². The second-order valence-electron chi connectivity index (χ2n) is 5.54. The van der Waals surface area contributed by atoms with Crippen LogP contribution in [0, 0.1) is 5.92 Å². The molecule has 1 rings (SSSR count). The van der Waals surface area contributed by atoms with Crippen LogP contribution in [0.25, 0.3) is 0 Å². The molecule has 0 heterocycles. The zero-order chi connectivity index (χ0) is 13.6. The van der Waals surface area contributed by atoms with Gasteiger partial charge in [0.15, 0.2) is 0 Å². The monoisotopic (exact) mass is 256 g/mol. The molecule has 18 heavy (non-hydrogen) atoms. The second-order valence-corrected chi connectivity index (χ2v) is 5.54. The zero-order valence-corrected chi connectivity index (χ0v) is 11.3. The molecule has 0 aromatic rings. The summed E-state index contributed by atoms with van der Waals surface area (Å²) in [7, 11) is 0. The molecule has 5 heteroatoms. The van der Waals surface area contributed by atoms with Crippen LogP contribution in [0.5, 0.6) is 0 Å². The van der Waals surface area contributed by atoms with Gasteiger partial charge < -0.3 is 15.8 Å². The SMILES string of the molecule is CC(C)(OCC1CCCCC1)C(NC=O)C(N)=O. The van der Waals surface area contributed by atoms with Crippen molar-refractivity contribution in [1.82, 2.24) is 5.32 Å². The fourth-order valence-electron chi connectivity index (χ4n) is 2.46. The van der Waals surface area contributed by atoms with Gasteiger partial charge in [-0.25, -0.2) is 0 Å². The van der Waals surface area contributed by atoms with Crippen molar-refractivity contribution in [3.63, 3.8) is 0 Å². The number of hydrogen-bond acceptors (Lipinski definition) is 3. The first-order valence-corrected chi connectivity index (χ1v) is 6.60. The Morgan fingerprint density at radius 3 is 2.56 bits per heavy atom. The van der Waals surface area contributed by atoms with Crippen molar-refractivity contribution in [2.24, 2.45) is 11.7 Å². The van der Waals surface area contributed by atoms with E-state index in [1.165, 1.54) is 32.1 Å². The molecule has 1 fully saturated rings. The number of hydrogen-bond donors (Lipinski definition) is 2. The highest BCUT2D eigenvalue weighted by Crippen LogP contribution is 2.26. The van der Waals surface area contributed by atoms with Gasteiger partial charge in [-0.05, 0) is 32.6 Å². The minimum Gasteiger partial charge on any atom is -0.373 e. The second kappa shape index (κ2) is 6.73. The number of amides is 2. The smallest absolute Gasteiger partial charge is 0.242 e. The molecule has 0 saturated heterocycles. The van der Waals surface area contributed by atoms with Crippen LogP contribution in [0.2, 0.25) is 0 Å². The van der Waals surface area contributed by atoms with Crippen LogP contribution in [0.1, 0.15) is 46.0 Å². The highest BCUT2D eigenvalue weighted by Gasteiger charge is 2.35. The Kier molecular flexibility index (Phi) is 5.59. The minimum atomic E-state index is -0.793. The molecule has 5 nitrogen and oxygen atoms in total. The van der Waals surface area contributed by atoms with Crippen LogP contribution < -0.4 is 11.1 Å². The Morgan fingerprint density at radius 1 is 1.44 bits per heavy atom. The standard InChI is InChI=1S/C13H24N2O3/c1-13(2,11(12(14)17)15-9-16)18-8-10-6-4-3-5-7-10/h9-11H,3-8H2,1-2H3,(H2,14,17)(H,15,16). The van der Waals surface area contributed by atoms with Crippen LogP contribution in [-0.2, 0) is 14.3 Å². The molecule has 0 radical (unpaired) electrons. The summed E-state index contributed by atoms with van der Waals surface area (Å²) in [5.41, 5.74) is 4.50. The van der Waals surface area contributed by atoms with E-state index in [2.05, 4.69) is 5.32 Å². The normalized spacial score (nSPS) is 19.2. The van der Waals surface area contributed by atoms with Gasteiger partial charge in [-0.1, -0.05) is 19.3 Å². The van der Waals surface area contributed by atoms with Crippen LogP contribution in [-0.4, -0.2) is 30.6 Å². The molecule has 1 atom stereocenters. The van der Waals surface area contributed by atoms with Gasteiger partial charge in [0, 0.05) is 0 Å². The number of carbonyl (C=O) groups is 2. The summed E-state index contributed by atoms with van der Waals surface area (Å²) in [6.07, 6.45) is 6.65. The molecule has 2 amide bonds. The Hall–Kier alpha value is -1.10. The topological polar surface area (TPSA) is 81.4 Å². The highest BCUT2D eigenvalue weighted by molar-refractivity contribution is 5.83. The molecule has 0 spiro atoms. The molecule has 104 valence electrons. The van der Waals surface area contributed by atoms with Gasteiger partial charge in [0.1, 0.15) is 6.04 Å². The molecule has 3 N–H and O–H groups in total. The molecular weight excluding hydrogens is 232 g/mol. The number of ether oxygens (including phenoxy) is 1. The highest BCUT2D eigenvalue weighted by atomic mass is 16.5. The third-order valence-corrected chi connectivity index (χ3v) is 3.63. The first kappa shape index (κ1) is 15.0. The van der Waals surface area contributed by atoms with Crippen molar-refractivity contribution in [2.75, 3.05) is 6.61 Å². The number of rotatable bonds is 7. The van der Waals surface area contributed by atoms with Gasteiger partial charge >= 0.3 is 0 Å². The molecular formula is C13H24N2O3. The number of nitrogens with one attached hydrogen (secondary N) is 1. The summed E-state index contributed by atoms with van der Waals surface area (Å²) >= 11 is 0. The first-order valence-electron chi connectivity index (χ1n) is 6.60. The average molecular weight is 256 g/mol. The minimum absolute atomic E-state index is 0.487. The van der Waals surface area contributed by atoms with E-state index in [0.717, 1.165) is 0 Å². The molecule has 1 saturated carbocycles. The van der Waals surface area contributed by atoms with Gasteiger partial charge in [-0.2, -0.15) is 0 Å². The van der Waals surface area contributed by atoms with E-state index in [-0.39, 0.29) is 0 Å². The van der Waals surface area contributed by atoms with E-state index in [0.29, 0.717) is 18.9 Å². The van der Waals surface area contributed by atoms with Crippen LogP contribution >= 0.6 is 0 Å². The maximum Gasteiger partial charge on any atom is 0.242 e. The van der Waals surface area contributed by atoms with Crippen LogP contribution in [0.3, 0.4) is 0 Å². The summed E-state index contributed by atoms with van der Waals surface area (Å²) in [4.78, 5) is 21.8. The predicted octanol–water partition coefficient (Wildman–Crippen LogP) is 0.962. The molecule has 0 aliphatic heterocycles. The average Bonchev–Trinajstić information content (AvgIpc) is 2.34. The van der Waals surface area contributed by atoms with Crippen molar-refractivity contribution in [3.8, 4) is 0 Å². The van der Waals surface area contributed by atoms with E-state index in [9.17, 15) is 9.59 Å². The largest absolute Gasteiger partial charge is 0.373 e. The fourth-order valence-corrected chi connectivity index (χ4v) is 2.46. The Labute approximate surface area is 108 Å². The molecule has 1 aliphatic carbocycles. The fraction of sp³-hybridized carbons (Fsp3) is 0.846. The van der Waals surface area contributed by atoms with Crippen molar-refractivity contribution in [1.29, 1.82) is 0 Å². The number of nitrogens with two attached hydrogens (primary N) is 1. The summed E-state index contributed by atoms with van der Waals surface area (Å²) in [6, 6.07) is -0.793. The molecule has 1 unspecified atom stereocenters. The first-order chi connectivity index (χ1) is 8.47. The van der Waals surface area contributed by atoms with E-state index < -0.39 is 17.6 Å². The summed E-state index contributed by atoms with van der Waals surface area (Å²) in [5.74, 6) is -0.0153. The summed E-state index contributed by atoms with van der Waals surface area (Å²) < 4.78 is 5.82. The van der Waals surface area contributed by atoms with E-state index in [1.807, 2.05) is 0 Å². The van der Waals surface area contributed by atoms with Gasteiger partial charge in [0.2, 0.25) is 12.3 Å². The lowest BCUT2D eigenvalue weighted by atomic mass is 9.89. The van der Waals surface area contributed by atoms with E-state index >= 15 is 0 Å². The predicted molar refractivity (Wildman–Crippen MR) is 68.8 cm³/mol. The van der Waals surface area contributed by atoms with E-state index in [4.69, 9.17) is 10.5 Å². The lowest BCUT2D eigenvalue weighted by Crippen LogP contribution is -2.56. The lowest BCUT2D eigenvalue weighted by Gasteiger charge is -2.34. The third-order valence-electron chi connectivity index (χ3n) is 3.63. The van der Waals surface area contributed by atoms with Crippen molar-refractivity contribution < 1.29 is 14.3 Å². The summed E-state index contributed by atoms with van der Waals surface area (Å²) in [5, 5.41) is 2.43. The molecule has 0 aromatic carbocycles. The number of carbonyl (C=O) groups excluding carboxylic acids is 2. The van der Waals surface area contributed by atoms with Crippen molar-refractivity contribution >= 4 is 12.3 Å². The van der Waals surface area contributed by atoms with Gasteiger partial charge in [0.25, 0.3) is 0 Å². The Morgan fingerprint density at radius 2 is 2.06 bits per heavy atom. The van der Waals surface area contributed by atoms with Gasteiger partial charge in [0.05, 0.1) is 12.2 Å². The molecule has 0 bridgehead atoms. The third kappa shape index (κ3) is 4.29.